The van der Waals surface area contributed by atoms with Gasteiger partial charge in [0.2, 0.25) is 0 Å². The molecule has 0 heterocycles. The third kappa shape index (κ3) is 5.27. The molecule has 0 saturated heterocycles. The molecule has 134 valence electrons. The quantitative estimate of drug-likeness (QED) is 0.469. The predicted molar refractivity (Wildman–Crippen MR) is 100 cm³/mol. The topological polar surface area (TPSA) is 93.8 Å². The van der Waals surface area contributed by atoms with E-state index in [1.807, 2.05) is 26.0 Å². The first-order valence-corrected chi connectivity index (χ1v) is 7.90. The number of aryl methyl sites for hydroxylation is 1. The number of para-hydroxylation sites is 1. The van der Waals surface area contributed by atoms with Crippen molar-refractivity contribution in [2.24, 2.45) is 5.10 Å². The summed E-state index contributed by atoms with van der Waals surface area (Å²) in [5.74, 6) is 0.252. The Kier molecular flexibility index (Phi) is 6.61. The van der Waals surface area contributed by atoms with Crippen LogP contribution in [0, 0.1) is 24.0 Å². The lowest BCUT2D eigenvalue weighted by Crippen LogP contribution is -2.24. The van der Waals surface area contributed by atoms with E-state index in [1.54, 1.807) is 30.3 Å². The molecule has 0 saturated carbocycles. The van der Waals surface area contributed by atoms with E-state index >= 15 is 0 Å². The van der Waals surface area contributed by atoms with E-state index in [0.717, 1.165) is 11.1 Å². The van der Waals surface area contributed by atoms with Crippen LogP contribution in [0.25, 0.3) is 6.08 Å². The van der Waals surface area contributed by atoms with Gasteiger partial charge < -0.3 is 4.74 Å². The zero-order valence-electron chi connectivity index (χ0n) is 14.5. The summed E-state index contributed by atoms with van der Waals surface area (Å²) < 4.78 is 5.47. The number of rotatable bonds is 7. The highest BCUT2D eigenvalue weighted by molar-refractivity contribution is 5.82. The van der Waals surface area contributed by atoms with Crippen molar-refractivity contribution in [2.75, 3.05) is 6.61 Å². The molecule has 1 N–H and O–H groups in total. The van der Waals surface area contributed by atoms with E-state index in [-0.39, 0.29) is 12.3 Å². The molecule has 2 rings (SSSR count). The SMILES string of the molecule is Cc1cccc(OCC(=O)N/N=C/C=C/c2ccccc2[N+](=O)[O-])c1C. The second-order valence-corrected chi connectivity index (χ2v) is 5.47. The first-order valence-electron chi connectivity index (χ1n) is 7.90. The Balaban J connectivity index is 1.84. The number of carbonyl (C=O) groups excluding carboxylic acids is 1. The summed E-state index contributed by atoms with van der Waals surface area (Å²) in [7, 11) is 0. The minimum absolute atomic E-state index is 0.00288. The van der Waals surface area contributed by atoms with Crippen molar-refractivity contribution in [3.8, 4) is 5.75 Å². The summed E-state index contributed by atoms with van der Waals surface area (Å²) in [6, 6.07) is 12.0. The van der Waals surface area contributed by atoms with Crippen molar-refractivity contribution in [3.63, 3.8) is 0 Å². The van der Waals surface area contributed by atoms with E-state index in [1.165, 1.54) is 18.4 Å². The molecule has 2 aromatic carbocycles. The van der Waals surface area contributed by atoms with E-state index in [2.05, 4.69) is 10.5 Å². The summed E-state index contributed by atoms with van der Waals surface area (Å²) in [4.78, 5) is 22.2. The maximum absolute atomic E-state index is 11.7. The number of hydrazone groups is 1. The van der Waals surface area contributed by atoms with Crippen molar-refractivity contribution >= 4 is 23.9 Å². The van der Waals surface area contributed by atoms with E-state index in [4.69, 9.17) is 4.74 Å². The number of allylic oxidation sites excluding steroid dienone is 1. The molecule has 1 amide bonds. The molecule has 0 aliphatic heterocycles. The van der Waals surface area contributed by atoms with Crippen molar-refractivity contribution in [2.45, 2.75) is 13.8 Å². The van der Waals surface area contributed by atoms with Crippen LogP contribution in [0.2, 0.25) is 0 Å². The maximum atomic E-state index is 11.7. The van der Waals surface area contributed by atoms with E-state index in [0.29, 0.717) is 11.3 Å². The molecular formula is C19H19N3O4. The molecule has 0 spiro atoms. The number of nitro groups is 1. The number of carbonyl (C=O) groups is 1. The summed E-state index contributed by atoms with van der Waals surface area (Å²) in [6.45, 7) is 3.74. The van der Waals surface area contributed by atoms with Crippen LogP contribution in [0.1, 0.15) is 16.7 Å². The Morgan fingerprint density at radius 1 is 1.23 bits per heavy atom. The summed E-state index contributed by atoms with van der Waals surface area (Å²) in [5, 5.41) is 14.7. The van der Waals surface area contributed by atoms with Gasteiger partial charge in [-0.1, -0.05) is 24.3 Å². The molecule has 0 bridgehead atoms. The standard InChI is InChI=1S/C19H19N3O4/c1-14-7-5-11-18(15(14)2)26-13-19(23)21-20-12-6-9-16-8-3-4-10-17(16)22(24)25/h3-12H,13H2,1-2H3,(H,21,23)/b9-6+,20-12+. The highest BCUT2D eigenvalue weighted by Gasteiger charge is 2.08. The minimum atomic E-state index is -0.455. The minimum Gasteiger partial charge on any atom is -0.483 e. The maximum Gasteiger partial charge on any atom is 0.277 e. The molecule has 0 atom stereocenters. The van der Waals surface area contributed by atoms with Gasteiger partial charge >= 0.3 is 0 Å². The van der Waals surface area contributed by atoms with E-state index < -0.39 is 10.8 Å². The fraction of sp³-hybridized carbons (Fsp3) is 0.158. The Hall–Kier alpha value is -3.48. The zero-order valence-corrected chi connectivity index (χ0v) is 14.5. The average molecular weight is 353 g/mol. The third-order valence-electron chi connectivity index (χ3n) is 3.67. The smallest absolute Gasteiger partial charge is 0.277 e. The van der Waals surface area contributed by atoms with Gasteiger partial charge in [0.25, 0.3) is 11.6 Å². The lowest BCUT2D eigenvalue weighted by Gasteiger charge is -2.09. The van der Waals surface area contributed by atoms with E-state index in [9.17, 15) is 14.9 Å². The van der Waals surface area contributed by atoms with Gasteiger partial charge in [0, 0.05) is 12.3 Å². The molecule has 0 aliphatic rings. The van der Waals surface area contributed by atoms with Crippen LogP contribution in [-0.4, -0.2) is 23.7 Å². The van der Waals surface area contributed by atoms with Crippen LogP contribution in [0.5, 0.6) is 5.75 Å². The highest BCUT2D eigenvalue weighted by Crippen LogP contribution is 2.20. The first-order chi connectivity index (χ1) is 12.5. The number of nitrogens with one attached hydrogen (secondary N) is 1. The molecule has 0 radical (unpaired) electrons. The summed E-state index contributed by atoms with van der Waals surface area (Å²) in [5.41, 5.74) is 4.85. The molecular weight excluding hydrogens is 334 g/mol. The number of hydrogen-bond acceptors (Lipinski definition) is 5. The molecule has 7 nitrogen and oxygen atoms in total. The zero-order chi connectivity index (χ0) is 18.9. The van der Waals surface area contributed by atoms with Gasteiger partial charge in [-0.3, -0.25) is 14.9 Å². The molecule has 0 aliphatic carbocycles. The number of benzene rings is 2. The van der Waals surface area contributed by atoms with Gasteiger partial charge in [0.15, 0.2) is 6.61 Å². The van der Waals surface area contributed by atoms with Crippen LogP contribution < -0.4 is 10.2 Å². The first kappa shape index (κ1) is 18.9. The van der Waals surface area contributed by atoms with Crippen LogP contribution in [0.4, 0.5) is 5.69 Å². The van der Waals surface area contributed by atoms with Crippen LogP contribution in [0.15, 0.2) is 53.6 Å². The number of hydrogen-bond donors (Lipinski definition) is 1. The Bertz CT molecular complexity index is 860. The largest absolute Gasteiger partial charge is 0.483 e. The fourth-order valence-corrected chi connectivity index (χ4v) is 2.15. The number of amides is 1. The molecule has 0 fully saturated rings. The van der Waals surface area contributed by atoms with Crippen molar-refractivity contribution in [1.82, 2.24) is 5.43 Å². The number of ether oxygens (including phenoxy) is 1. The molecule has 7 heteroatoms. The summed E-state index contributed by atoms with van der Waals surface area (Å²) >= 11 is 0. The number of nitro benzene ring substituents is 1. The normalized spacial score (nSPS) is 11.0. The van der Waals surface area contributed by atoms with Crippen molar-refractivity contribution in [3.05, 3.63) is 75.3 Å². The third-order valence-corrected chi connectivity index (χ3v) is 3.67. The molecule has 26 heavy (non-hydrogen) atoms. The Labute approximate surface area is 151 Å². The highest BCUT2D eigenvalue weighted by atomic mass is 16.6. The summed E-state index contributed by atoms with van der Waals surface area (Å²) in [6.07, 6.45) is 4.39. The van der Waals surface area contributed by atoms with Gasteiger partial charge in [0.05, 0.1) is 10.5 Å². The Morgan fingerprint density at radius 3 is 2.77 bits per heavy atom. The van der Waals surface area contributed by atoms with Crippen LogP contribution >= 0.6 is 0 Å². The van der Waals surface area contributed by atoms with Gasteiger partial charge in [-0.15, -0.1) is 0 Å². The lowest BCUT2D eigenvalue weighted by atomic mass is 10.1. The Morgan fingerprint density at radius 2 is 2.00 bits per heavy atom. The second-order valence-electron chi connectivity index (χ2n) is 5.47. The second kappa shape index (κ2) is 9.12. The number of nitrogens with zero attached hydrogens (tertiary/aromatic N) is 2. The van der Waals surface area contributed by atoms with Crippen LogP contribution in [0.3, 0.4) is 0 Å². The van der Waals surface area contributed by atoms with Crippen molar-refractivity contribution < 1.29 is 14.5 Å². The van der Waals surface area contributed by atoms with Crippen molar-refractivity contribution in [1.29, 1.82) is 0 Å². The molecule has 2 aromatic rings. The van der Waals surface area contributed by atoms with Gasteiger partial charge in [-0.05, 0) is 49.3 Å². The van der Waals surface area contributed by atoms with Gasteiger partial charge in [-0.25, -0.2) is 5.43 Å². The fourth-order valence-electron chi connectivity index (χ4n) is 2.15. The van der Waals surface area contributed by atoms with Crippen LogP contribution in [-0.2, 0) is 4.79 Å². The van der Waals surface area contributed by atoms with Gasteiger partial charge in [0.1, 0.15) is 5.75 Å². The lowest BCUT2D eigenvalue weighted by molar-refractivity contribution is -0.385. The monoisotopic (exact) mass is 353 g/mol. The molecule has 0 aromatic heterocycles. The molecule has 0 unspecified atom stereocenters. The predicted octanol–water partition coefficient (Wildman–Crippen LogP) is 3.41. The average Bonchev–Trinajstić information content (AvgIpc) is 2.63. The van der Waals surface area contributed by atoms with Gasteiger partial charge in [-0.2, -0.15) is 5.10 Å².